The number of hydrogen-bond acceptors (Lipinski definition) is 4. The largest absolute Gasteiger partial charge is 0.389 e. The number of amides is 1. The number of allylic oxidation sites excluding steroid dienone is 2. The van der Waals surface area contributed by atoms with Crippen molar-refractivity contribution in [2.75, 3.05) is 13.2 Å². The topological polar surface area (TPSA) is 61.8 Å². The molecular weight excluding hydrogens is 292 g/mol. The number of carbonyl (C=O) groups is 1. The minimum absolute atomic E-state index is 0.0688. The third-order valence-corrected chi connectivity index (χ3v) is 4.27. The minimum Gasteiger partial charge on any atom is -0.389 e. The molecule has 128 valence electrons. The zero-order valence-corrected chi connectivity index (χ0v) is 14.2. The average molecular weight is 320 g/mol. The normalized spacial score (nSPS) is 36.6. The van der Waals surface area contributed by atoms with Gasteiger partial charge in [0.05, 0.1) is 18.6 Å². The molecule has 3 unspecified atom stereocenters. The summed E-state index contributed by atoms with van der Waals surface area (Å²) >= 11 is 0. The van der Waals surface area contributed by atoms with Crippen molar-refractivity contribution in [1.29, 1.82) is 0 Å². The first kappa shape index (κ1) is 17.9. The Morgan fingerprint density at radius 2 is 1.96 bits per heavy atom. The molecular formula is C18H28N2O3. The molecule has 1 saturated heterocycles. The van der Waals surface area contributed by atoms with Crippen LogP contribution in [0, 0.1) is 11.8 Å². The number of nitrogens with zero attached hydrogens (tertiary/aromatic N) is 1. The van der Waals surface area contributed by atoms with Gasteiger partial charge in [-0.15, -0.1) is 0 Å². The van der Waals surface area contributed by atoms with Crippen molar-refractivity contribution in [1.82, 2.24) is 10.4 Å². The Morgan fingerprint density at radius 1 is 1.22 bits per heavy atom. The van der Waals surface area contributed by atoms with E-state index in [4.69, 9.17) is 4.84 Å². The summed E-state index contributed by atoms with van der Waals surface area (Å²) in [5.41, 5.74) is 0. The van der Waals surface area contributed by atoms with Crippen LogP contribution in [0.1, 0.15) is 27.2 Å². The summed E-state index contributed by atoms with van der Waals surface area (Å²) in [5, 5.41) is 14.9. The van der Waals surface area contributed by atoms with E-state index >= 15 is 0 Å². The van der Waals surface area contributed by atoms with Crippen molar-refractivity contribution in [3.05, 3.63) is 36.5 Å². The summed E-state index contributed by atoms with van der Waals surface area (Å²) < 4.78 is 0. The molecule has 5 heteroatoms. The second kappa shape index (κ2) is 8.43. The van der Waals surface area contributed by atoms with Gasteiger partial charge in [-0.3, -0.25) is 9.63 Å². The van der Waals surface area contributed by atoms with Crippen LogP contribution >= 0.6 is 0 Å². The first-order valence-electron chi connectivity index (χ1n) is 8.56. The molecule has 5 nitrogen and oxygen atoms in total. The molecule has 1 aliphatic carbocycles. The second-order valence-corrected chi connectivity index (χ2v) is 5.97. The number of aliphatic hydroxyl groups is 1. The molecule has 3 aliphatic rings. The number of nitrogens with one attached hydrogen (secondary N) is 1. The highest BCUT2D eigenvalue weighted by atomic mass is 16.7. The van der Waals surface area contributed by atoms with Gasteiger partial charge in [-0.05, 0) is 13.3 Å². The van der Waals surface area contributed by atoms with Crippen molar-refractivity contribution >= 4 is 5.91 Å². The van der Waals surface area contributed by atoms with Gasteiger partial charge < -0.3 is 10.4 Å². The number of fused-ring (bicyclic) bond motifs is 2. The van der Waals surface area contributed by atoms with Crippen LogP contribution in [0.3, 0.4) is 0 Å². The lowest BCUT2D eigenvalue weighted by molar-refractivity contribution is -0.203. The second-order valence-electron chi connectivity index (χ2n) is 5.97. The van der Waals surface area contributed by atoms with Crippen LogP contribution in [-0.2, 0) is 9.63 Å². The zero-order valence-electron chi connectivity index (χ0n) is 14.2. The molecule has 0 saturated carbocycles. The SMILES string of the molecule is CC.C[C@@H]1C=C[C@H](N2OCC3C=CC=CC(C3)C2=O)C(O)CN1. The van der Waals surface area contributed by atoms with E-state index in [1.54, 1.807) is 0 Å². The molecule has 2 aliphatic heterocycles. The van der Waals surface area contributed by atoms with E-state index < -0.39 is 12.1 Å². The zero-order chi connectivity index (χ0) is 16.8. The predicted molar refractivity (Wildman–Crippen MR) is 90.4 cm³/mol. The molecule has 0 spiro atoms. The van der Waals surface area contributed by atoms with Gasteiger partial charge in [-0.25, -0.2) is 5.06 Å². The van der Waals surface area contributed by atoms with E-state index in [1.165, 1.54) is 5.06 Å². The smallest absolute Gasteiger partial charge is 0.253 e. The van der Waals surface area contributed by atoms with Gasteiger partial charge in [0.2, 0.25) is 0 Å². The Kier molecular flexibility index (Phi) is 6.57. The molecule has 0 aromatic carbocycles. The van der Waals surface area contributed by atoms with Crippen LogP contribution in [0.4, 0.5) is 0 Å². The van der Waals surface area contributed by atoms with Gasteiger partial charge in [-0.2, -0.15) is 0 Å². The number of carbonyl (C=O) groups excluding carboxylic acids is 1. The van der Waals surface area contributed by atoms with E-state index in [9.17, 15) is 9.90 Å². The summed E-state index contributed by atoms with van der Waals surface area (Å²) in [6.45, 7) is 6.93. The highest BCUT2D eigenvalue weighted by Crippen LogP contribution is 2.27. The Bertz CT molecular complexity index is 487. The van der Waals surface area contributed by atoms with Crippen LogP contribution in [-0.4, -0.2) is 47.4 Å². The number of hydroxylamine groups is 2. The molecule has 5 atom stereocenters. The summed E-state index contributed by atoms with van der Waals surface area (Å²) in [6, 6.07) is -0.259. The maximum atomic E-state index is 12.7. The first-order chi connectivity index (χ1) is 11.1. The predicted octanol–water partition coefficient (Wildman–Crippen LogP) is 1.81. The Labute approximate surface area is 138 Å². The van der Waals surface area contributed by atoms with Crippen molar-refractivity contribution in [2.24, 2.45) is 11.8 Å². The molecule has 0 aromatic rings. The number of hydrogen-bond donors (Lipinski definition) is 2. The third kappa shape index (κ3) is 4.31. The van der Waals surface area contributed by atoms with Gasteiger partial charge in [0, 0.05) is 18.5 Å². The van der Waals surface area contributed by atoms with Gasteiger partial charge in [0.1, 0.15) is 6.04 Å². The van der Waals surface area contributed by atoms with Gasteiger partial charge >= 0.3 is 0 Å². The summed E-state index contributed by atoms with van der Waals surface area (Å²) in [7, 11) is 0. The quantitative estimate of drug-likeness (QED) is 0.724. The van der Waals surface area contributed by atoms with Gasteiger partial charge in [-0.1, -0.05) is 50.3 Å². The van der Waals surface area contributed by atoms with Crippen molar-refractivity contribution in [3.8, 4) is 0 Å². The van der Waals surface area contributed by atoms with Crippen molar-refractivity contribution in [3.63, 3.8) is 0 Å². The van der Waals surface area contributed by atoms with E-state index in [2.05, 4.69) is 11.4 Å². The standard InChI is InChI=1S/C16H22N2O3.C2H6/c1-11-6-7-14(15(19)9-17-11)18-16(20)13-5-3-2-4-12(8-13)10-21-18;1-2/h2-7,11-15,17,19H,8-10H2,1H3;1-2H3/t11-,12?,13?,14+,15?;/m1./s1. The van der Waals surface area contributed by atoms with E-state index in [0.717, 1.165) is 6.42 Å². The number of aliphatic hydroxyl groups excluding tert-OH is 1. The first-order valence-corrected chi connectivity index (χ1v) is 8.56. The maximum Gasteiger partial charge on any atom is 0.253 e. The number of rotatable bonds is 1. The van der Waals surface area contributed by atoms with Crippen LogP contribution in [0.5, 0.6) is 0 Å². The highest BCUT2D eigenvalue weighted by molar-refractivity contribution is 5.80. The molecule has 2 heterocycles. The van der Waals surface area contributed by atoms with Crippen LogP contribution in [0.15, 0.2) is 36.5 Å². The molecule has 3 rings (SSSR count). The van der Waals surface area contributed by atoms with Crippen molar-refractivity contribution < 1.29 is 14.7 Å². The fraction of sp³-hybridized carbons (Fsp3) is 0.611. The molecule has 2 N–H and O–H groups in total. The van der Waals surface area contributed by atoms with Crippen LogP contribution in [0.25, 0.3) is 0 Å². The molecule has 1 amide bonds. The molecule has 0 aromatic heterocycles. The highest BCUT2D eigenvalue weighted by Gasteiger charge is 2.37. The molecule has 23 heavy (non-hydrogen) atoms. The fourth-order valence-corrected chi connectivity index (χ4v) is 2.98. The summed E-state index contributed by atoms with van der Waals surface area (Å²) in [4.78, 5) is 18.4. The third-order valence-electron chi connectivity index (χ3n) is 4.27. The Hall–Kier alpha value is -1.43. The lowest BCUT2D eigenvalue weighted by Crippen LogP contribution is -2.49. The average Bonchev–Trinajstić information content (AvgIpc) is 2.96. The van der Waals surface area contributed by atoms with Gasteiger partial charge in [0.25, 0.3) is 5.91 Å². The Balaban J connectivity index is 0.000000924. The van der Waals surface area contributed by atoms with Crippen LogP contribution < -0.4 is 5.32 Å². The lowest BCUT2D eigenvalue weighted by atomic mass is 9.95. The molecule has 0 radical (unpaired) electrons. The van der Waals surface area contributed by atoms with E-state index in [1.807, 2.05) is 51.2 Å². The number of β-amino-alcohol motifs (C(OH)–C–C–N with tert-alkyl or cyclic N) is 1. The molecule has 2 bridgehead atoms. The Morgan fingerprint density at radius 3 is 2.74 bits per heavy atom. The van der Waals surface area contributed by atoms with Crippen LogP contribution in [0.2, 0.25) is 0 Å². The summed E-state index contributed by atoms with van der Waals surface area (Å²) in [6.07, 6.45) is 11.8. The van der Waals surface area contributed by atoms with E-state index in [-0.39, 0.29) is 23.8 Å². The lowest BCUT2D eigenvalue weighted by Gasteiger charge is -2.31. The maximum absolute atomic E-state index is 12.7. The summed E-state index contributed by atoms with van der Waals surface area (Å²) in [5.74, 6) is -0.00895. The van der Waals surface area contributed by atoms with Crippen molar-refractivity contribution in [2.45, 2.75) is 45.4 Å². The van der Waals surface area contributed by atoms with E-state index in [0.29, 0.717) is 13.2 Å². The minimum atomic E-state index is -0.671. The monoisotopic (exact) mass is 320 g/mol. The fourth-order valence-electron chi connectivity index (χ4n) is 2.98. The van der Waals surface area contributed by atoms with Gasteiger partial charge in [0.15, 0.2) is 0 Å². The molecule has 1 fully saturated rings.